The number of aliphatic hydroxyl groups is 1. The Morgan fingerprint density at radius 1 is 0.792 bits per heavy atom. The molecule has 0 saturated carbocycles. The van der Waals surface area contributed by atoms with Crippen LogP contribution in [0.25, 0.3) is 0 Å². The van der Waals surface area contributed by atoms with Crippen LogP contribution in [0.15, 0.2) is 89.8 Å². The van der Waals surface area contributed by atoms with Crippen LogP contribution in [0, 0.1) is 0 Å². The normalized spacial score (nSPS) is 11.9. The van der Waals surface area contributed by atoms with E-state index in [-0.39, 0.29) is 0 Å². The van der Waals surface area contributed by atoms with Gasteiger partial charge in [0.15, 0.2) is 0 Å². The second-order valence-corrected chi connectivity index (χ2v) is 6.65. The van der Waals surface area contributed by atoms with Gasteiger partial charge >= 0.3 is 0 Å². The topological polar surface area (TPSA) is 32.3 Å². The number of rotatable bonds is 7. The van der Waals surface area contributed by atoms with Crippen LogP contribution >= 0.6 is 11.8 Å². The summed E-state index contributed by atoms with van der Waals surface area (Å²) in [6.07, 6.45) is -0.500. The van der Waals surface area contributed by atoms with Gasteiger partial charge < -0.3 is 10.4 Å². The molecule has 2 N–H and O–H groups in total. The average Bonchev–Trinajstić information content (AvgIpc) is 2.67. The number of aliphatic hydroxyl groups excluding tert-OH is 1. The molecule has 0 aliphatic rings. The lowest BCUT2D eigenvalue weighted by Gasteiger charge is -2.13. The first-order chi connectivity index (χ1) is 11.8. The lowest BCUT2D eigenvalue weighted by molar-refractivity contribution is 0.191. The van der Waals surface area contributed by atoms with Gasteiger partial charge in [-0.3, -0.25) is 0 Å². The summed E-state index contributed by atoms with van der Waals surface area (Å²) in [4.78, 5) is 1.28. The highest BCUT2D eigenvalue weighted by Crippen LogP contribution is 2.23. The molecule has 0 spiro atoms. The van der Waals surface area contributed by atoms with Crippen molar-refractivity contribution in [1.29, 1.82) is 0 Å². The van der Waals surface area contributed by atoms with Crippen LogP contribution in [0.4, 0.5) is 5.69 Å². The first-order valence-electron chi connectivity index (χ1n) is 8.05. The molecule has 0 saturated heterocycles. The third-order valence-electron chi connectivity index (χ3n) is 3.79. The fraction of sp³-hybridized carbons (Fsp3) is 0.143. The minimum absolute atomic E-state index is 0.500. The molecule has 2 nitrogen and oxygen atoms in total. The van der Waals surface area contributed by atoms with E-state index in [1.807, 2.05) is 48.2 Å². The molecular weight excluding hydrogens is 314 g/mol. The molecule has 0 amide bonds. The van der Waals surface area contributed by atoms with Gasteiger partial charge in [0.25, 0.3) is 0 Å². The van der Waals surface area contributed by atoms with Crippen molar-refractivity contribution < 1.29 is 5.11 Å². The predicted octanol–water partition coefficient (Wildman–Crippen LogP) is 5.12. The Labute approximate surface area is 147 Å². The maximum Gasteiger partial charge on any atom is 0.0962 e. The van der Waals surface area contributed by atoms with E-state index in [0.717, 1.165) is 17.0 Å². The van der Waals surface area contributed by atoms with Crippen LogP contribution in [0.3, 0.4) is 0 Å². The highest BCUT2D eigenvalue weighted by molar-refractivity contribution is 7.98. The molecule has 3 heteroatoms. The van der Waals surface area contributed by atoms with Gasteiger partial charge in [0, 0.05) is 22.9 Å². The molecule has 0 fully saturated rings. The molecule has 122 valence electrons. The van der Waals surface area contributed by atoms with Crippen molar-refractivity contribution in [3.05, 3.63) is 96.1 Å². The van der Waals surface area contributed by atoms with Gasteiger partial charge in [-0.1, -0.05) is 60.7 Å². The maximum atomic E-state index is 10.2. The zero-order chi connectivity index (χ0) is 16.6. The monoisotopic (exact) mass is 335 g/mol. The summed E-state index contributed by atoms with van der Waals surface area (Å²) in [5.41, 5.74) is 3.25. The number of nitrogens with one attached hydrogen (secondary N) is 1. The number of hydrogen-bond acceptors (Lipinski definition) is 3. The van der Waals surface area contributed by atoms with E-state index in [0.29, 0.717) is 6.54 Å². The van der Waals surface area contributed by atoms with Gasteiger partial charge in [0.05, 0.1) is 6.10 Å². The fourth-order valence-electron chi connectivity index (χ4n) is 2.41. The Kier molecular flexibility index (Phi) is 5.94. The van der Waals surface area contributed by atoms with E-state index in [1.54, 1.807) is 0 Å². The van der Waals surface area contributed by atoms with E-state index in [9.17, 15) is 5.11 Å². The first-order valence-corrected chi connectivity index (χ1v) is 9.03. The molecule has 0 aliphatic carbocycles. The second-order valence-electron chi connectivity index (χ2n) is 5.61. The molecule has 0 bridgehead atoms. The Bertz CT molecular complexity index is 729. The molecule has 1 atom stereocenters. The summed E-state index contributed by atoms with van der Waals surface area (Å²) in [5, 5.41) is 13.5. The highest BCUT2D eigenvalue weighted by atomic mass is 32.2. The molecule has 3 rings (SSSR count). The number of hydrogen-bond donors (Lipinski definition) is 2. The summed E-state index contributed by atoms with van der Waals surface area (Å²) < 4.78 is 0. The van der Waals surface area contributed by atoms with Gasteiger partial charge in [-0.2, -0.15) is 0 Å². The Balaban J connectivity index is 1.49. The summed E-state index contributed by atoms with van der Waals surface area (Å²) in [6.45, 7) is 0.502. The van der Waals surface area contributed by atoms with E-state index in [4.69, 9.17) is 0 Å². The van der Waals surface area contributed by atoms with Gasteiger partial charge in [0.2, 0.25) is 0 Å². The smallest absolute Gasteiger partial charge is 0.0962 e. The minimum Gasteiger partial charge on any atom is -0.387 e. The Morgan fingerprint density at radius 2 is 1.42 bits per heavy atom. The summed E-state index contributed by atoms with van der Waals surface area (Å²) in [6, 6.07) is 28.5. The SMILES string of the molecule is O[C@@H](CNc1ccc(CSc2ccccc2)cc1)c1ccccc1. The van der Waals surface area contributed by atoms with Crippen molar-refractivity contribution in [2.45, 2.75) is 16.8 Å². The Morgan fingerprint density at radius 3 is 2.08 bits per heavy atom. The van der Waals surface area contributed by atoms with Crippen molar-refractivity contribution in [2.75, 3.05) is 11.9 Å². The van der Waals surface area contributed by atoms with E-state index in [1.165, 1.54) is 10.5 Å². The van der Waals surface area contributed by atoms with Crippen molar-refractivity contribution in [3.8, 4) is 0 Å². The van der Waals surface area contributed by atoms with E-state index in [2.05, 4.69) is 53.8 Å². The fourth-order valence-corrected chi connectivity index (χ4v) is 3.29. The number of anilines is 1. The van der Waals surface area contributed by atoms with Gasteiger partial charge in [-0.15, -0.1) is 11.8 Å². The third-order valence-corrected chi connectivity index (χ3v) is 4.87. The number of benzene rings is 3. The lowest BCUT2D eigenvalue weighted by atomic mass is 10.1. The maximum absolute atomic E-state index is 10.2. The molecule has 24 heavy (non-hydrogen) atoms. The summed E-state index contributed by atoms with van der Waals surface area (Å²) in [5.74, 6) is 0.955. The second kappa shape index (κ2) is 8.57. The van der Waals surface area contributed by atoms with Crippen LogP contribution in [0.1, 0.15) is 17.2 Å². The van der Waals surface area contributed by atoms with Crippen molar-refractivity contribution >= 4 is 17.4 Å². The minimum atomic E-state index is -0.500. The molecule has 3 aromatic rings. The van der Waals surface area contributed by atoms with E-state index >= 15 is 0 Å². The third kappa shape index (κ3) is 4.88. The standard InChI is InChI=1S/C21H21NOS/c23-21(18-7-3-1-4-8-18)15-22-19-13-11-17(12-14-19)16-24-20-9-5-2-6-10-20/h1-14,21-23H,15-16H2/t21-/m0/s1. The molecule has 0 unspecified atom stereocenters. The quantitative estimate of drug-likeness (QED) is 0.588. The molecule has 0 heterocycles. The van der Waals surface area contributed by atoms with Crippen molar-refractivity contribution in [3.63, 3.8) is 0 Å². The number of thioether (sulfide) groups is 1. The molecule has 0 aliphatic heterocycles. The Hall–Kier alpha value is -2.23. The van der Waals surface area contributed by atoms with Crippen LogP contribution < -0.4 is 5.32 Å². The highest BCUT2D eigenvalue weighted by Gasteiger charge is 2.06. The van der Waals surface area contributed by atoms with Gasteiger partial charge in [-0.05, 0) is 35.4 Å². The molecule has 0 radical (unpaired) electrons. The van der Waals surface area contributed by atoms with Crippen LogP contribution in [-0.2, 0) is 5.75 Å². The average molecular weight is 335 g/mol. The predicted molar refractivity (Wildman–Crippen MR) is 102 cm³/mol. The van der Waals surface area contributed by atoms with Crippen LogP contribution in [-0.4, -0.2) is 11.7 Å². The molecule has 3 aromatic carbocycles. The zero-order valence-electron chi connectivity index (χ0n) is 13.4. The molecule has 0 aromatic heterocycles. The zero-order valence-corrected chi connectivity index (χ0v) is 14.2. The largest absolute Gasteiger partial charge is 0.387 e. The van der Waals surface area contributed by atoms with Crippen LogP contribution in [0.5, 0.6) is 0 Å². The molecular formula is C21H21NOS. The van der Waals surface area contributed by atoms with E-state index < -0.39 is 6.10 Å². The van der Waals surface area contributed by atoms with Gasteiger partial charge in [-0.25, -0.2) is 0 Å². The lowest BCUT2D eigenvalue weighted by Crippen LogP contribution is -2.11. The summed E-state index contributed by atoms with van der Waals surface area (Å²) in [7, 11) is 0. The van der Waals surface area contributed by atoms with Crippen molar-refractivity contribution in [1.82, 2.24) is 0 Å². The summed E-state index contributed by atoms with van der Waals surface area (Å²) >= 11 is 1.83. The van der Waals surface area contributed by atoms with Gasteiger partial charge in [0.1, 0.15) is 0 Å². The van der Waals surface area contributed by atoms with Crippen LogP contribution in [0.2, 0.25) is 0 Å². The first kappa shape index (κ1) is 16.6. The van der Waals surface area contributed by atoms with Crippen molar-refractivity contribution in [2.24, 2.45) is 0 Å².